The van der Waals surface area contributed by atoms with Gasteiger partial charge in [0.15, 0.2) is 11.0 Å². The van der Waals surface area contributed by atoms with Gasteiger partial charge in [0.1, 0.15) is 12.4 Å². The van der Waals surface area contributed by atoms with E-state index >= 15 is 0 Å². The minimum absolute atomic E-state index is 0.194. The fraction of sp³-hybridized carbons (Fsp3) is 0.154. The molecule has 2 aromatic rings. The first-order valence-corrected chi connectivity index (χ1v) is 5.85. The first-order chi connectivity index (χ1) is 8.75. The number of hydrogen-bond acceptors (Lipinski definition) is 3. The van der Waals surface area contributed by atoms with Crippen molar-refractivity contribution in [3.05, 3.63) is 53.4 Å². The van der Waals surface area contributed by atoms with E-state index in [0.29, 0.717) is 13.2 Å². The van der Waals surface area contributed by atoms with Crippen molar-refractivity contribution in [2.75, 3.05) is 13.2 Å². The maximum atomic E-state index is 11.6. The summed E-state index contributed by atoms with van der Waals surface area (Å²) in [6.45, 7) is 0.788. The van der Waals surface area contributed by atoms with Crippen LogP contribution in [-0.4, -0.2) is 19.1 Å². The molecule has 4 nitrogen and oxygen atoms in total. The van der Waals surface area contributed by atoms with E-state index in [-0.39, 0.29) is 16.9 Å². The lowest BCUT2D eigenvalue weighted by Gasteiger charge is -2.06. The van der Waals surface area contributed by atoms with Crippen LogP contribution in [0.4, 0.5) is 0 Å². The molecule has 5 heteroatoms. The third kappa shape index (κ3) is 3.53. The Kier molecular flexibility index (Phi) is 4.25. The molecule has 0 fully saturated rings. The standard InChI is InChI=1S/C13H12ClNO3/c14-12-7-6-11(18-12)13(16)15-8-9-17-10-4-2-1-3-5-10/h1-7H,8-9H2,(H,15,16). The summed E-state index contributed by atoms with van der Waals surface area (Å²) < 4.78 is 10.4. The largest absolute Gasteiger partial charge is 0.492 e. The quantitative estimate of drug-likeness (QED) is 0.846. The van der Waals surface area contributed by atoms with Crippen molar-refractivity contribution in [2.45, 2.75) is 0 Å². The molecule has 0 spiro atoms. The van der Waals surface area contributed by atoms with Crippen molar-refractivity contribution in [3.8, 4) is 5.75 Å². The third-order valence-corrected chi connectivity index (χ3v) is 2.40. The molecule has 94 valence electrons. The van der Waals surface area contributed by atoms with Crippen molar-refractivity contribution in [1.29, 1.82) is 0 Å². The molecule has 0 radical (unpaired) electrons. The van der Waals surface area contributed by atoms with Crippen LogP contribution in [0, 0.1) is 0 Å². The molecule has 2 rings (SSSR count). The zero-order valence-electron chi connectivity index (χ0n) is 9.56. The number of hydrogen-bond donors (Lipinski definition) is 1. The molecule has 18 heavy (non-hydrogen) atoms. The summed E-state index contributed by atoms with van der Waals surface area (Å²) in [6.07, 6.45) is 0. The summed E-state index contributed by atoms with van der Waals surface area (Å²) in [5, 5.41) is 2.86. The smallest absolute Gasteiger partial charge is 0.287 e. The summed E-state index contributed by atoms with van der Waals surface area (Å²) >= 11 is 5.57. The van der Waals surface area contributed by atoms with Gasteiger partial charge in [-0.1, -0.05) is 18.2 Å². The number of nitrogens with one attached hydrogen (secondary N) is 1. The van der Waals surface area contributed by atoms with E-state index in [1.165, 1.54) is 12.1 Å². The number of para-hydroxylation sites is 1. The van der Waals surface area contributed by atoms with E-state index in [4.69, 9.17) is 20.8 Å². The lowest BCUT2D eigenvalue weighted by Crippen LogP contribution is -2.27. The number of carbonyl (C=O) groups excluding carboxylic acids is 1. The maximum Gasteiger partial charge on any atom is 0.287 e. The first-order valence-electron chi connectivity index (χ1n) is 5.47. The molecule has 0 saturated carbocycles. The van der Waals surface area contributed by atoms with E-state index < -0.39 is 0 Å². The molecule has 0 aliphatic heterocycles. The van der Waals surface area contributed by atoms with Crippen LogP contribution in [0.25, 0.3) is 0 Å². The predicted octanol–water partition coefficient (Wildman–Crippen LogP) is 2.74. The summed E-state index contributed by atoms with van der Waals surface area (Å²) in [7, 11) is 0. The minimum Gasteiger partial charge on any atom is -0.492 e. The number of ether oxygens (including phenoxy) is 1. The molecule has 1 N–H and O–H groups in total. The van der Waals surface area contributed by atoms with Gasteiger partial charge in [0.05, 0.1) is 6.54 Å². The highest BCUT2D eigenvalue weighted by molar-refractivity contribution is 6.29. The van der Waals surface area contributed by atoms with Crippen LogP contribution in [0.5, 0.6) is 5.75 Å². The zero-order valence-corrected chi connectivity index (χ0v) is 10.3. The van der Waals surface area contributed by atoms with Crippen molar-refractivity contribution in [1.82, 2.24) is 5.32 Å². The Morgan fingerprint density at radius 2 is 2.00 bits per heavy atom. The highest BCUT2D eigenvalue weighted by Crippen LogP contribution is 2.12. The third-order valence-electron chi connectivity index (χ3n) is 2.20. The average molecular weight is 266 g/mol. The van der Waals surface area contributed by atoms with Gasteiger partial charge in [-0.3, -0.25) is 4.79 Å². The molecule has 0 aliphatic rings. The molecular formula is C13H12ClNO3. The molecule has 1 aromatic heterocycles. The molecule has 0 aliphatic carbocycles. The lowest BCUT2D eigenvalue weighted by molar-refractivity contribution is 0.0919. The van der Waals surface area contributed by atoms with Crippen molar-refractivity contribution in [3.63, 3.8) is 0 Å². The van der Waals surface area contributed by atoms with Gasteiger partial charge in [-0.05, 0) is 35.9 Å². The molecule has 1 aromatic carbocycles. The fourth-order valence-electron chi connectivity index (χ4n) is 1.37. The summed E-state index contributed by atoms with van der Waals surface area (Å²) in [5.41, 5.74) is 0. The number of amides is 1. The maximum absolute atomic E-state index is 11.6. The molecule has 1 heterocycles. The predicted molar refractivity (Wildman–Crippen MR) is 68.0 cm³/mol. The summed E-state index contributed by atoms with van der Waals surface area (Å²) in [4.78, 5) is 11.6. The number of carbonyl (C=O) groups is 1. The summed E-state index contributed by atoms with van der Waals surface area (Å²) in [6, 6.07) is 12.4. The van der Waals surface area contributed by atoms with Gasteiger partial charge in [0, 0.05) is 0 Å². The lowest BCUT2D eigenvalue weighted by atomic mass is 10.3. The Morgan fingerprint density at radius 1 is 1.22 bits per heavy atom. The Hall–Kier alpha value is -1.94. The second-order valence-corrected chi connectivity index (χ2v) is 3.89. The van der Waals surface area contributed by atoms with Crippen LogP contribution in [-0.2, 0) is 0 Å². The average Bonchev–Trinajstić information content (AvgIpc) is 2.82. The summed E-state index contributed by atoms with van der Waals surface area (Å²) in [5.74, 6) is 0.658. The number of benzene rings is 1. The second-order valence-electron chi connectivity index (χ2n) is 3.52. The van der Waals surface area contributed by atoms with Crippen LogP contribution in [0.2, 0.25) is 5.22 Å². The molecule has 0 saturated heterocycles. The molecule has 1 amide bonds. The highest BCUT2D eigenvalue weighted by atomic mass is 35.5. The minimum atomic E-state index is -0.307. The topological polar surface area (TPSA) is 51.5 Å². The van der Waals surface area contributed by atoms with Crippen LogP contribution < -0.4 is 10.1 Å². The van der Waals surface area contributed by atoms with Gasteiger partial charge >= 0.3 is 0 Å². The number of halogens is 1. The van der Waals surface area contributed by atoms with Crippen molar-refractivity contribution < 1.29 is 13.9 Å². The Labute approximate surface area is 110 Å². The first kappa shape index (κ1) is 12.5. The van der Waals surface area contributed by atoms with E-state index in [2.05, 4.69) is 5.32 Å². The number of furan rings is 1. The second kappa shape index (κ2) is 6.12. The van der Waals surface area contributed by atoms with Gasteiger partial charge < -0.3 is 14.5 Å². The molecule has 0 bridgehead atoms. The SMILES string of the molecule is O=C(NCCOc1ccccc1)c1ccc(Cl)o1. The normalized spacial score (nSPS) is 10.1. The van der Waals surface area contributed by atoms with Gasteiger partial charge in [-0.15, -0.1) is 0 Å². The Balaban J connectivity index is 1.71. The fourth-order valence-corrected chi connectivity index (χ4v) is 1.52. The van der Waals surface area contributed by atoms with E-state index in [1.807, 2.05) is 30.3 Å². The van der Waals surface area contributed by atoms with Gasteiger partial charge in [0.25, 0.3) is 5.91 Å². The molecule has 0 unspecified atom stereocenters. The van der Waals surface area contributed by atoms with Crippen molar-refractivity contribution in [2.24, 2.45) is 0 Å². The van der Waals surface area contributed by atoms with Gasteiger partial charge in [-0.2, -0.15) is 0 Å². The number of rotatable bonds is 5. The Bertz CT molecular complexity index is 510. The van der Waals surface area contributed by atoms with Gasteiger partial charge in [-0.25, -0.2) is 0 Å². The molecular weight excluding hydrogens is 254 g/mol. The van der Waals surface area contributed by atoms with Crippen LogP contribution in [0.3, 0.4) is 0 Å². The molecule has 0 atom stereocenters. The van der Waals surface area contributed by atoms with Gasteiger partial charge in [0.2, 0.25) is 0 Å². The highest BCUT2D eigenvalue weighted by Gasteiger charge is 2.09. The van der Waals surface area contributed by atoms with Crippen LogP contribution >= 0.6 is 11.6 Å². The van der Waals surface area contributed by atoms with Crippen LogP contribution in [0.1, 0.15) is 10.6 Å². The van der Waals surface area contributed by atoms with Crippen LogP contribution in [0.15, 0.2) is 46.9 Å². The zero-order chi connectivity index (χ0) is 12.8. The van der Waals surface area contributed by atoms with E-state index in [1.54, 1.807) is 0 Å². The van der Waals surface area contributed by atoms with E-state index in [9.17, 15) is 4.79 Å². The monoisotopic (exact) mass is 265 g/mol. The van der Waals surface area contributed by atoms with E-state index in [0.717, 1.165) is 5.75 Å². The Morgan fingerprint density at radius 3 is 2.67 bits per heavy atom. The van der Waals surface area contributed by atoms with Crippen molar-refractivity contribution >= 4 is 17.5 Å².